The molecule has 2 N–H and O–H groups in total. The number of nitrogens with zero attached hydrogens (tertiary/aromatic N) is 1. The summed E-state index contributed by atoms with van der Waals surface area (Å²) in [6, 6.07) is 32.4. The second kappa shape index (κ2) is 7.83. The van der Waals surface area contributed by atoms with Gasteiger partial charge in [-0.05, 0) is 29.8 Å². The lowest BCUT2D eigenvalue weighted by atomic mass is 10.0. The molecule has 2 atom stereocenters. The van der Waals surface area contributed by atoms with Gasteiger partial charge in [0.15, 0.2) is 0 Å². The van der Waals surface area contributed by atoms with Gasteiger partial charge in [-0.25, -0.2) is 4.99 Å². The molecule has 6 rings (SSSR count). The second-order valence-electron chi connectivity index (χ2n) is 7.86. The molecule has 4 nitrogen and oxygen atoms in total. The smallest absolute Gasteiger partial charge is 0.135 e. The Kier molecular flexibility index (Phi) is 4.67. The zero-order chi connectivity index (χ0) is 21.5. The Labute approximate surface area is 190 Å². The number of nitrogens with one attached hydrogen (secondary N) is 2. The molecule has 0 saturated heterocycles. The molecule has 2 unspecified atom stereocenters. The molecule has 32 heavy (non-hydrogen) atoms. The number of amidine groups is 1. The van der Waals surface area contributed by atoms with E-state index in [9.17, 15) is 0 Å². The highest BCUT2D eigenvalue weighted by molar-refractivity contribution is 6.31. The first-order valence-corrected chi connectivity index (χ1v) is 11.0. The van der Waals surface area contributed by atoms with Crippen LogP contribution in [0, 0.1) is 0 Å². The van der Waals surface area contributed by atoms with Gasteiger partial charge in [-0.3, -0.25) is 5.32 Å². The Morgan fingerprint density at radius 1 is 0.781 bits per heavy atom. The molecule has 4 aromatic carbocycles. The van der Waals surface area contributed by atoms with Crippen molar-refractivity contribution in [3.05, 3.63) is 119 Å². The minimum absolute atomic E-state index is 0.170. The molecule has 156 valence electrons. The first-order valence-electron chi connectivity index (χ1n) is 10.6. The molecule has 0 radical (unpaired) electrons. The minimum atomic E-state index is -0.185. The number of halogens is 1. The SMILES string of the molecule is Clc1ccc2oc3cccc(C4NC(c5ccccc5)=NC(c5ccccc5)N4)c3c2c1. The van der Waals surface area contributed by atoms with Crippen molar-refractivity contribution >= 4 is 39.4 Å². The lowest BCUT2D eigenvalue weighted by Crippen LogP contribution is -2.45. The molecule has 2 heterocycles. The third-order valence-corrected chi connectivity index (χ3v) is 6.06. The predicted octanol–water partition coefficient (Wildman–Crippen LogP) is 6.58. The van der Waals surface area contributed by atoms with Crippen molar-refractivity contribution in [2.24, 2.45) is 4.99 Å². The summed E-state index contributed by atoms with van der Waals surface area (Å²) in [7, 11) is 0. The van der Waals surface area contributed by atoms with E-state index >= 15 is 0 Å². The van der Waals surface area contributed by atoms with Crippen LogP contribution in [0.15, 0.2) is 106 Å². The minimum Gasteiger partial charge on any atom is -0.456 e. The second-order valence-corrected chi connectivity index (χ2v) is 8.30. The fraction of sp³-hybridized carbons (Fsp3) is 0.0741. The molecule has 0 spiro atoms. The average Bonchev–Trinajstić information content (AvgIpc) is 3.23. The lowest BCUT2D eigenvalue weighted by Gasteiger charge is -2.32. The van der Waals surface area contributed by atoms with E-state index < -0.39 is 0 Å². The van der Waals surface area contributed by atoms with Gasteiger partial charge in [-0.2, -0.15) is 0 Å². The first-order chi connectivity index (χ1) is 15.8. The number of aliphatic imine (C=N–C) groups is 1. The molecule has 0 aliphatic carbocycles. The average molecular weight is 438 g/mol. The Balaban J connectivity index is 1.51. The maximum atomic E-state index is 6.33. The standard InChI is InChI=1S/C27H20ClN3O/c28-19-14-15-22-21(16-19)24-20(12-7-13-23(24)32-22)27-30-25(17-8-3-1-4-9-17)29-26(31-27)18-10-5-2-6-11-18/h1-16,25,27,30H,(H,29,31). The van der Waals surface area contributed by atoms with E-state index in [4.69, 9.17) is 21.0 Å². The highest BCUT2D eigenvalue weighted by atomic mass is 35.5. The van der Waals surface area contributed by atoms with Crippen LogP contribution in [-0.2, 0) is 0 Å². The van der Waals surface area contributed by atoms with Crippen molar-refractivity contribution in [2.45, 2.75) is 12.3 Å². The highest BCUT2D eigenvalue weighted by Crippen LogP contribution is 2.36. The van der Waals surface area contributed by atoms with Crippen molar-refractivity contribution < 1.29 is 4.42 Å². The summed E-state index contributed by atoms with van der Waals surface area (Å²) in [5.41, 5.74) is 4.91. The summed E-state index contributed by atoms with van der Waals surface area (Å²) in [5.74, 6) is 0.853. The van der Waals surface area contributed by atoms with E-state index in [1.54, 1.807) is 0 Å². The monoisotopic (exact) mass is 437 g/mol. The number of hydrogen-bond acceptors (Lipinski definition) is 4. The number of furan rings is 1. The zero-order valence-corrected chi connectivity index (χ0v) is 17.9. The Bertz CT molecular complexity index is 1440. The van der Waals surface area contributed by atoms with Crippen molar-refractivity contribution in [3.63, 3.8) is 0 Å². The molecule has 0 saturated carbocycles. The van der Waals surface area contributed by atoms with E-state index in [2.05, 4.69) is 41.0 Å². The van der Waals surface area contributed by atoms with Crippen LogP contribution < -0.4 is 10.6 Å². The van der Waals surface area contributed by atoms with Crippen LogP contribution in [0.5, 0.6) is 0 Å². The van der Waals surface area contributed by atoms with Crippen LogP contribution in [0.1, 0.15) is 29.0 Å². The van der Waals surface area contributed by atoms with Gasteiger partial charge in [0.25, 0.3) is 0 Å². The Morgan fingerprint density at radius 3 is 2.38 bits per heavy atom. The summed E-state index contributed by atoms with van der Waals surface area (Å²) < 4.78 is 6.12. The van der Waals surface area contributed by atoms with Crippen molar-refractivity contribution in [1.29, 1.82) is 0 Å². The van der Waals surface area contributed by atoms with Gasteiger partial charge in [0, 0.05) is 26.9 Å². The van der Waals surface area contributed by atoms with Crippen LogP contribution in [0.4, 0.5) is 0 Å². The fourth-order valence-corrected chi connectivity index (χ4v) is 4.51. The normalized spacial score (nSPS) is 18.5. The molecule has 0 fully saturated rings. The first kappa shape index (κ1) is 19.1. The topological polar surface area (TPSA) is 49.6 Å². The van der Waals surface area contributed by atoms with Gasteiger partial charge in [0.1, 0.15) is 29.3 Å². The maximum absolute atomic E-state index is 6.33. The van der Waals surface area contributed by atoms with E-state index in [0.29, 0.717) is 5.02 Å². The summed E-state index contributed by atoms with van der Waals surface area (Å²) in [6.45, 7) is 0. The molecule has 5 aromatic rings. The largest absolute Gasteiger partial charge is 0.456 e. The Hall–Kier alpha value is -3.60. The highest BCUT2D eigenvalue weighted by Gasteiger charge is 2.27. The number of rotatable bonds is 3. The van der Waals surface area contributed by atoms with Gasteiger partial charge >= 0.3 is 0 Å². The van der Waals surface area contributed by atoms with Crippen molar-refractivity contribution in [2.75, 3.05) is 0 Å². The molecule has 0 amide bonds. The summed E-state index contributed by atoms with van der Waals surface area (Å²) in [4.78, 5) is 4.99. The van der Waals surface area contributed by atoms with Gasteiger partial charge in [-0.1, -0.05) is 84.4 Å². The molecular formula is C27H20ClN3O. The van der Waals surface area contributed by atoms with Crippen LogP contribution >= 0.6 is 11.6 Å². The summed E-state index contributed by atoms with van der Waals surface area (Å²) in [5, 5.41) is 10.0. The summed E-state index contributed by atoms with van der Waals surface area (Å²) in [6.07, 6.45) is -0.356. The van der Waals surface area contributed by atoms with Gasteiger partial charge in [0.2, 0.25) is 0 Å². The zero-order valence-electron chi connectivity index (χ0n) is 17.1. The van der Waals surface area contributed by atoms with Gasteiger partial charge < -0.3 is 9.73 Å². The molecule has 5 heteroatoms. The van der Waals surface area contributed by atoms with E-state index in [1.165, 1.54) is 0 Å². The van der Waals surface area contributed by atoms with Crippen molar-refractivity contribution in [3.8, 4) is 0 Å². The van der Waals surface area contributed by atoms with E-state index in [-0.39, 0.29) is 12.3 Å². The van der Waals surface area contributed by atoms with Crippen LogP contribution in [0.3, 0.4) is 0 Å². The van der Waals surface area contributed by atoms with Gasteiger partial charge in [0.05, 0.1) is 0 Å². The predicted molar refractivity (Wildman–Crippen MR) is 130 cm³/mol. The molecule has 1 aliphatic heterocycles. The quantitative estimate of drug-likeness (QED) is 0.335. The maximum Gasteiger partial charge on any atom is 0.135 e. The molecule has 1 aliphatic rings. The third-order valence-electron chi connectivity index (χ3n) is 5.83. The van der Waals surface area contributed by atoms with Crippen LogP contribution in [0.25, 0.3) is 21.9 Å². The van der Waals surface area contributed by atoms with E-state index in [1.807, 2.05) is 66.7 Å². The Morgan fingerprint density at radius 2 is 1.56 bits per heavy atom. The van der Waals surface area contributed by atoms with E-state index in [0.717, 1.165) is 44.5 Å². The van der Waals surface area contributed by atoms with Crippen molar-refractivity contribution in [1.82, 2.24) is 10.6 Å². The lowest BCUT2D eigenvalue weighted by molar-refractivity contribution is 0.411. The number of hydrogen-bond donors (Lipinski definition) is 2. The fourth-order valence-electron chi connectivity index (χ4n) is 4.33. The van der Waals surface area contributed by atoms with Crippen LogP contribution in [0.2, 0.25) is 5.02 Å². The molecule has 1 aromatic heterocycles. The van der Waals surface area contributed by atoms with Crippen LogP contribution in [-0.4, -0.2) is 5.84 Å². The third kappa shape index (κ3) is 3.34. The number of fused-ring (bicyclic) bond motifs is 3. The molecule has 0 bridgehead atoms. The molecular weight excluding hydrogens is 418 g/mol. The van der Waals surface area contributed by atoms with Gasteiger partial charge in [-0.15, -0.1) is 0 Å². The number of benzene rings is 4. The summed E-state index contributed by atoms with van der Waals surface area (Å²) >= 11 is 6.33.